The minimum absolute atomic E-state index is 0.173. The fourth-order valence-electron chi connectivity index (χ4n) is 0.943. The van der Waals surface area contributed by atoms with E-state index >= 15 is 0 Å². The summed E-state index contributed by atoms with van der Waals surface area (Å²) in [5, 5.41) is 2.71. The fraction of sp³-hybridized carbons (Fsp3) is 0.300. The van der Waals surface area contributed by atoms with Gasteiger partial charge in [0.15, 0.2) is 0 Å². The van der Waals surface area contributed by atoms with Crippen molar-refractivity contribution in [2.24, 2.45) is 0 Å². The molecule has 0 aromatic carbocycles. The van der Waals surface area contributed by atoms with Gasteiger partial charge in [-0.1, -0.05) is 12.2 Å². The van der Waals surface area contributed by atoms with Crippen LogP contribution >= 0.6 is 0 Å². The van der Waals surface area contributed by atoms with Crippen molar-refractivity contribution < 1.29 is 4.79 Å². The average molecular weight is 191 g/mol. The van der Waals surface area contributed by atoms with Gasteiger partial charge in [0.05, 0.1) is 0 Å². The molecule has 0 atom stereocenters. The smallest absolute Gasteiger partial charge is 0.270 e. The van der Waals surface area contributed by atoms with Crippen molar-refractivity contribution in [2.75, 3.05) is 6.54 Å². The molecular weight excluding hydrogens is 178 g/mol. The van der Waals surface area contributed by atoms with Crippen molar-refractivity contribution in [3.05, 3.63) is 35.9 Å². The van der Waals surface area contributed by atoms with Gasteiger partial charge in [-0.25, -0.2) is 9.97 Å². The Morgan fingerprint density at radius 1 is 1.64 bits per heavy atom. The van der Waals surface area contributed by atoms with Gasteiger partial charge in [-0.3, -0.25) is 4.79 Å². The van der Waals surface area contributed by atoms with Gasteiger partial charge in [0.25, 0.3) is 5.91 Å². The molecule has 74 valence electrons. The van der Waals surface area contributed by atoms with Crippen LogP contribution < -0.4 is 5.32 Å². The van der Waals surface area contributed by atoms with Crippen molar-refractivity contribution in [2.45, 2.75) is 13.8 Å². The molecule has 0 radical (unpaired) electrons. The van der Waals surface area contributed by atoms with E-state index in [1.165, 1.54) is 0 Å². The number of rotatable bonds is 3. The monoisotopic (exact) mass is 191 g/mol. The molecule has 1 amide bonds. The molecule has 0 aliphatic rings. The molecule has 0 aliphatic heterocycles. The van der Waals surface area contributed by atoms with Gasteiger partial charge in [-0.15, -0.1) is 0 Å². The van der Waals surface area contributed by atoms with Gasteiger partial charge in [-0.2, -0.15) is 0 Å². The third-order valence-electron chi connectivity index (χ3n) is 1.62. The summed E-state index contributed by atoms with van der Waals surface area (Å²) in [4.78, 5) is 19.4. The number of carbonyl (C=O) groups is 1. The number of hydrogen-bond donors (Lipinski definition) is 1. The molecule has 1 rings (SSSR count). The van der Waals surface area contributed by atoms with Crippen LogP contribution in [0.3, 0.4) is 0 Å². The zero-order chi connectivity index (χ0) is 10.4. The molecule has 0 saturated heterocycles. The zero-order valence-electron chi connectivity index (χ0n) is 8.32. The van der Waals surface area contributed by atoms with E-state index in [1.807, 2.05) is 19.1 Å². The third-order valence-corrected chi connectivity index (χ3v) is 1.62. The van der Waals surface area contributed by atoms with Crippen molar-refractivity contribution >= 4 is 5.91 Å². The number of nitrogens with zero attached hydrogens (tertiary/aromatic N) is 2. The first-order valence-corrected chi connectivity index (χ1v) is 4.43. The Balaban J connectivity index is 2.60. The molecule has 1 heterocycles. The first-order chi connectivity index (χ1) is 6.74. The van der Waals surface area contributed by atoms with Gasteiger partial charge in [0.2, 0.25) is 0 Å². The van der Waals surface area contributed by atoms with Gasteiger partial charge in [-0.05, 0) is 19.9 Å². The maximum absolute atomic E-state index is 11.4. The highest BCUT2D eigenvalue weighted by atomic mass is 16.1. The van der Waals surface area contributed by atoms with Crippen LogP contribution in [0.15, 0.2) is 24.4 Å². The second-order valence-electron chi connectivity index (χ2n) is 2.77. The maximum Gasteiger partial charge on any atom is 0.270 e. The first-order valence-electron chi connectivity index (χ1n) is 4.43. The Kier molecular flexibility index (Phi) is 3.79. The molecule has 0 bridgehead atoms. The number of hydrogen-bond acceptors (Lipinski definition) is 3. The standard InChI is InChI=1S/C10H13N3O/c1-3-4-6-12-10(14)9-5-7-11-8(2)13-9/h3-5,7H,6H2,1-2H3,(H,12,14)/b4-3+. The Morgan fingerprint density at radius 2 is 2.43 bits per heavy atom. The second-order valence-corrected chi connectivity index (χ2v) is 2.77. The van der Waals surface area contributed by atoms with Crippen LogP contribution in [-0.2, 0) is 0 Å². The number of amides is 1. The van der Waals surface area contributed by atoms with E-state index in [1.54, 1.807) is 19.2 Å². The summed E-state index contributed by atoms with van der Waals surface area (Å²) in [5.41, 5.74) is 0.405. The number of allylic oxidation sites excluding steroid dienone is 1. The number of nitrogens with one attached hydrogen (secondary N) is 1. The van der Waals surface area contributed by atoms with E-state index in [2.05, 4.69) is 15.3 Å². The molecule has 14 heavy (non-hydrogen) atoms. The normalized spacial score (nSPS) is 10.4. The van der Waals surface area contributed by atoms with Crippen LogP contribution in [-0.4, -0.2) is 22.4 Å². The van der Waals surface area contributed by atoms with E-state index in [0.717, 1.165) is 0 Å². The lowest BCUT2D eigenvalue weighted by Gasteiger charge is -2.01. The van der Waals surface area contributed by atoms with Crippen LogP contribution in [0.5, 0.6) is 0 Å². The zero-order valence-corrected chi connectivity index (χ0v) is 8.32. The Morgan fingerprint density at radius 3 is 3.07 bits per heavy atom. The summed E-state index contributed by atoms with van der Waals surface area (Å²) in [6.45, 7) is 4.18. The third kappa shape index (κ3) is 2.97. The highest BCUT2D eigenvalue weighted by molar-refractivity contribution is 5.92. The first kappa shape index (κ1) is 10.4. The van der Waals surface area contributed by atoms with Crippen molar-refractivity contribution in [3.8, 4) is 0 Å². The summed E-state index contributed by atoms with van der Waals surface area (Å²) >= 11 is 0. The summed E-state index contributed by atoms with van der Waals surface area (Å²) in [6.07, 6.45) is 5.32. The molecule has 4 nitrogen and oxygen atoms in total. The Bertz CT molecular complexity index is 347. The SMILES string of the molecule is C/C=C/CNC(=O)c1ccnc(C)n1. The number of carbonyl (C=O) groups excluding carboxylic acids is 1. The van der Waals surface area contributed by atoms with Gasteiger partial charge in [0.1, 0.15) is 11.5 Å². The van der Waals surface area contributed by atoms with Crippen LogP contribution in [0.4, 0.5) is 0 Å². The predicted molar refractivity (Wildman–Crippen MR) is 53.9 cm³/mol. The minimum atomic E-state index is -0.173. The van der Waals surface area contributed by atoms with E-state index < -0.39 is 0 Å². The topological polar surface area (TPSA) is 54.9 Å². The molecule has 1 N–H and O–H groups in total. The molecule has 0 unspecified atom stereocenters. The largest absolute Gasteiger partial charge is 0.347 e. The lowest BCUT2D eigenvalue weighted by molar-refractivity contribution is 0.0952. The summed E-state index contributed by atoms with van der Waals surface area (Å²) < 4.78 is 0. The van der Waals surface area contributed by atoms with Crippen LogP contribution in [0.25, 0.3) is 0 Å². The van der Waals surface area contributed by atoms with Crippen LogP contribution in [0.2, 0.25) is 0 Å². The van der Waals surface area contributed by atoms with E-state index in [0.29, 0.717) is 18.1 Å². The molecule has 0 fully saturated rings. The molecule has 1 aromatic heterocycles. The lowest BCUT2D eigenvalue weighted by Crippen LogP contribution is -2.24. The Labute approximate surface area is 83.1 Å². The molecule has 0 spiro atoms. The second kappa shape index (κ2) is 5.11. The summed E-state index contributed by atoms with van der Waals surface area (Å²) in [6, 6.07) is 1.60. The highest BCUT2D eigenvalue weighted by Gasteiger charge is 2.04. The molecule has 0 aliphatic carbocycles. The van der Waals surface area contributed by atoms with E-state index in [-0.39, 0.29) is 5.91 Å². The minimum Gasteiger partial charge on any atom is -0.347 e. The van der Waals surface area contributed by atoms with Crippen molar-refractivity contribution in [1.82, 2.24) is 15.3 Å². The van der Waals surface area contributed by atoms with E-state index in [4.69, 9.17) is 0 Å². The van der Waals surface area contributed by atoms with Gasteiger partial charge < -0.3 is 5.32 Å². The van der Waals surface area contributed by atoms with E-state index in [9.17, 15) is 4.79 Å². The lowest BCUT2D eigenvalue weighted by atomic mass is 10.3. The summed E-state index contributed by atoms with van der Waals surface area (Å²) in [5.74, 6) is 0.428. The molecular formula is C10H13N3O. The number of aryl methyl sites for hydroxylation is 1. The van der Waals surface area contributed by atoms with Crippen molar-refractivity contribution in [1.29, 1.82) is 0 Å². The van der Waals surface area contributed by atoms with Crippen molar-refractivity contribution in [3.63, 3.8) is 0 Å². The molecule has 4 heteroatoms. The Hall–Kier alpha value is -1.71. The molecule has 1 aromatic rings. The quantitative estimate of drug-likeness (QED) is 0.728. The predicted octanol–water partition coefficient (Wildman–Crippen LogP) is 1.09. The van der Waals surface area contributed by atoms with Crippen LogP contribution in [0.1, 0.15) is 23.2 Å². The van der Waals surface area contributed by atoms with Gasteiger partial charge >= 0.3 is 0 Å². The maximum atomic E-state index is 11.4. The average Bonchev–Trinajstić information content (AvgIpc) is 2.18. The van der Waals surface area contributed by atoms with Gasteiger partial charge in [0, 0.05) is 12.7 Å². The fourth-order valence-corrected chi connectivity index (χ4v) is 0.943. The number of aromatic nitrogens is 2. The summed E-state index contributed by atoms with van der Waals surface area (Å²) in [7, 11) is 0. The van der Waals surface area contributed by atoms with Crippen LogP contribution in [0, 0.1) is 6.92 Å². The highest BCUT2D eigenvalue weighted by Crippen LogP contribution is 1.93. The molecule has 0 saturated carbocycles.